The average molecular weight is 166 g/mol. The molecule has 1 aromatic heterocycles. The van der Waals surface area contributed by atoms with Crippen LogP contribution in [0.15, 0.2) is 18.5 Å². The van der Waals surface area contributed by atoms with Gasteiger partial charge in [-0.15, -0.1) is 0 Å². The van der Waals surface area contributed by atoms with Gasteiger partial charge in [0.05, 0.1) is 12.8 Å². The van der Waals surface area contributed by atoms with Crippen LogP contribution in [-0.2, 0) is 4.74 Å². The Morgan fingerprint density at radius 1 is 1.67 bits per heavy atom. The fraction of sp³-hybridized carbons (Fsp3) is 0.250. The fourth-order valence-corrected chi connectivity index (χ4v) is 0.885. The number of carbonyl (C=O) groups excluding carboxylic acids is 1. The smallest absolute Gasteiger partial charge is 0.341 e. The number of rotatable bonds is 2. The van der Waals surface area contributed by atoms with Gasteiger partial charge in [-0.05, 0) is 6.07 Å². The van der Waals surface area contributed by atoms with E-state index in [4.69, 9.17) is 0 Å². The molecule has 0 unspecified atom stereocenters. The Kier molecular flexibility index (Phi) is 2.63. The summed E-state index contributed by atoms with van der Waals surface area (Å²) in [5.74, 6) is -0.382. The van der Waals surface area contributed by atoms with Gasteiger partial charge >= 0.3 is 5.97 Å². The highest BCUT2D eigenvalue weighted by Gasteiger charge is 2.09. The van der Waals surface area contributed by atoms with Crippen molar-refractivity contribution >= 4 is 11.7 Å². The Hall–Kier alpha value is -1.58. The first-order chi connectivity index (χ1) is 5.79. The van der Waals surface area contributed by atoms with E-state index in [2.05, 4.69) is 15.0 Å². The van der Waals surface area contributed by atoms with Crippen LogP contribution in [0.3, 0.4) is 0 Å². The molecular formula is C8H10N2O2. The lowest BCUT2D eigenvalue weighted by Crippen LogP contribution is -2.05. The van der Waals surface area contributed by atoms with E-state index in [0.29, 0.717) is 5.56 Å². The molecule has 0 saturated carbocycles. The minimum absolute atomic E-state index is 0.382. The molecule has 0 aliphatic rings. The van der Waals surface area contributed by atoms with E-state index in [1.54, 1.807) is 19.3 Å². The van der Waals surface area contributed by atoms with Crippen LogP contribution in [-0.4, -0.2) is 25.1 Å². The quantitative estimate of drug-likeness (QED) is 0.663. The molecular weight excluding hydrogens is 156 g/mol. The maximum atomic E-state index is 11.1. The molecule has 1 rings (SSSR count). The lowest BCUT2D eigenvalue weighted by atomic mass is 10.2. The molecule has 4 heteroatoms. The van der Waals surface area contributed by atoms with Crippen molar-refractivity contribution in [1.29, 1.82) is 0 Å². The van der Waals surface area contributed by atoms with Crippen molar-refractivity contribution in [3.63, 3.8) is 0 Å². The number of carbonyl (C=O) groups is 1. The molecule has 0 radical (unpaired) electrons. The van der Waals surface area contributed by atoms with Crippen molar-refractivity contribution < 1.29 is 9.53 Å². The topological polar surface area (TPSA) is 51.2 Å². The fourth-order valence-electron chi connectivity index (χ4n) is 0.885. The lowest BCUT2D eigenvalue weighted by Gasteiger charge is -2.04. The Morgan fingerprint density at radius 3 is 3.00 bits per heavy atom. The van der Waals surface area contributed by atoms with Crippen LogP contribution in [0, 0.1) is 0 Å². The van der Waals surface area contributed by atoms with E-state index in [0.717, 1.165) is 5.69 Å². The number of ether oxygens (including phenoxy) is 1. The Balaban J connectivity index is 3.04. The van der Waals surface area contributed by atoms with Crippen molar-refractivity contribution in [2.75, 3.05) is 19.5 Å². The highest BCUT2D eigenvalue weighted by Crippen LogP contribution is 2.12. The molecule has 1 N–H and O–H groups in total. The predicted molar refractivity (Wildman–Crippen MR) is 45.1 cm³/mol. The van der Waals surface area contributed by atoms with E-state index >= 15 is 0 Å². The van der Waals surface area contributed by atoms with Crippen LogP contribution < -0.4 is 5.32 Å². The summed E-state index contributed by atoms with van der Waals surface area (Å²) < 4.78 is 4.56. The molecule has 64 valence electrons. The predicted octanol–water partition coefficient (Wildman–Crippen LogP) is 0.910. The molecule has 1 heterocycles. The van der Waals surface area contributed by atoms with Crippen molar-refractivity contribution in [3.8, 4) is 0 Å². The van der Waals surface area contributed by atoms with Crippen LogP contribution in [0.2, 0.25) is 0 Å². The third-order valence-corrected chi connectivity index (χ3v) is 1.50. The summed E-state index contributed by atoms with van der Waals surface area (Å²) in [4.78, 5) is 14.9. The number of aromatic nitrogens is 1. The second-order valence-corrected chi connectivity index (χ2v) is 2.16. The minimum Gasteiger partial charge on any atom is -0.465 e. The molecule has 0 bridgehead atoms. The molecule has 4 nitrogen and oxygen atoms in total. The Morgan fingerprint density at radius 2 is 2.42 bits per heavy atom. The second kappa shape index (κ2) is 3.71. The lowest BCUT2D eigenvalue weighted by molar-refractivity contribution is 0.0601. The SMILES string of the molecule is CNc1ccncc1C(=O)OC. The van der Waals surface area contributed by atoms with Gasteiger partial charge in [-0.25, -0.2) is 4.79 Å². The standard InChI is InChI=1S/C8H10N2O2/c1-9-7-3-4-10-5-6(7)8(11)12-2/h3-5H,1-2H3,(H,9,10). The van der Waals surface area contributed by atoms with Crippen LogP contribution in [0.4, 0.5) is 5.69 Å². The average Bonchev–Trinajstić information content (AvgIpc) is 2.16. The molecule has 0 aliphatic carbocycles. The summed E-state index contributed by atoms with van der Waals surface area (Å²) in [7, 11) is 3.08. The molecule has 12 heavy (non-hydrogen) atoms. The van der Waals surface area contributed by atoms with Gasteiger partial charge in [0.2, 0.25) is 0 Å². The van der Waals surface area contributed by atoms with E-state index in [1.807, 2.05) is 0 Å². The first-order valence-electron chi connectivity index (χ1n) is 3.49. The third-order valence-electron chi connectivity index (χ3n) is 1.50. The number of pyridine rings is 1. The van der Waals surface area contributed by atoms with Crippen LogP contribution in [0.25, 0.3) is 0 Å². The maximum absolute atomic E-state index is 11.1. The first-order valence-corrected chi connectivity index (χ1v) is 3.49. The number of anilines is 1. The summed E-state index contributed by atoms with van der Waals surface area (Å²) in [5.41, 5.74) is 1.17. The number of hydrogen-bond acceptors (Lipinski definition) is 4. The van der Waals surface area contributed by atoms with E-state index in [-0.39, 0.29) is 5.97 Å². The summed E-state index contributed by atoms with van der Waals surface area (Å²) in [5, 5.41) is 2.87. The Labute approximate surface area is 70.6 Å². The van der Waals surface area contributed by atoms with Crippen LogP contribution in [0.5, 0.6) is 0 Å². The summed E-state index contributed by atoms with van der Waals surface area (Å²) in [6.07, 6.45) is 3.08. The zero-order valence-electron chi connectivity index (χ0n) is 7.00. The summed E-state index contributed by atoms with van der Waals surface area (Å²) in [6.45, 7) is 0. The van der Waals surface area contributed by atoms with Gasteiger partial charge in [0.15, 0.2) is 0 Å². The van der Waals surface area contributed by atoms with Gasteiger partial charge in [-0.2, -0.15) is 0 Å². The number of nitrogens with zero attached hydrogens (tertiary/aromatic N) is 1. The molecule has 0 fully saturated rings. The minimum atomic E-state index is -0.382. The van der Waals surface area contributed by atoms with E-state index in [9.17, 15) is 4.79 Å². The monoisotopic (exact) mass is 166 g/mol. The van der Waals surface area contributed by atoms with Crippen molar-refractivity contribution in [2.45, 2.75) is 0 Å². The van der Waals surface area contributed by atoms with Gasteiger partial charge in [-0.3, -0.25) is 4.98 Å². The highest BCUT2D eigenvalue weighted by atomic mass is 16.5. The van der Waals surface area contributed by atoms with E-state index in [1.165, 1.54) is 13.3 Å². The molecule has 0 aliphatic heterocycles. The van der Waals surface area contributed by atoms with E-state index < -0.39 is 0 Å². The second-order valence-electron chi connectivity index (χ2n) is 2.16. The van der Waals surface area contributed by atoms with Gasteiger partial charge in [0, 0.05) is 19.4 Å². The number of hydrogen-bond donors (Lipinski definition) is 1. The summed E-state index contributed by atoms with van der Waals surface area (Å²) >= 11 is 0. The zero-order valence-corrected chi connectivity index (χ0v) is 7.00. The summed E-state index contributed by atoms with van der Waals surface area (Å²) in [6, 6.07) is 1.71. The molecule has 0 spiro atoms. The van der Waals surface area contributed by atoms with Crippen molar-refractivity contribution in [1.82, 2.24) is 4.98 Å². The third kappa shape index (κ3) is 1.53. The number of esters is 1. The molecule has 0 amide bonds. The molecule has 0 aromatic carbocycles. The van der Waals surface area contributed by atoms with Crippen LogP contribution >= 0.6 is 0 Å². The number of nitrogens with one attached hydrogen (secondary N) is 1. The largest absolute Gasteiger partial charge is 0.465 e. The normalized spacial score (nSPS) is 9.17. The van der Waals surface area contributed by atoms with Gasteiger partial charge in [0.1, 0.15) is 5.56 Å². The number of methoxy groups -OCH3 is 1. The highest BCUT2D eigenvalue weighted by molar-refractivity contribution is 5.95. The zero-order chi connectivity index (χ0) is 8.97. The molecule has 0 atom stereocenters. The molecule has 1 aromatic rings. The Bertz CT molecular complexity index is 286. The van der Waals surface area contributed by atoms with Crippen molar-refractivity contribution in [2.24, 2.45) is 0 Å². The molecule has 0 saturated heterocycles. The van der Waals surface area contributed by atoms with Gasteiger partial charge < -0.3 is 10.1 Å². The first kappa shape index (κ1) is 8.52. The van der Waals surface area contributed by atoms with Crippen molar-refractivity contribution in [3.05, 3.63) is 24.0 Å². The van der Waals surface area contributed by atoms with Crippen LogP contribution in [0.1, 0.15) is 10.4 Å². The van der Waals surface area contributed by atoms with Gasteiger partial charge in [-0.1, -0.05) is 0 Å². The maximum Gasteiger partial charge on any atom is 0.341 e. The van der Waals surface area contributed by atoms with Gasteiger partial charge in [0.25, 0.3) is 0 Å².